The summed E-state index contributed by atoms with van der Waals surface area (Å²) in [4.78, 5) is 19.5. The first-order valence-corrected chi connectivity index (χ1v) is 9.96. The number of carbonyl (C=O) groups excluding carboxylic acids is 1. The molecule has 4 nitrogen and oxygen atoms in total. The Morgan fingerprint density at radius 1 is 1.07 bits per heavy atom. The van der Waals surface area contributed by atoms with Gasteiger partial charge in [-0.3, -0.25) is 9.78 Å². The van der Waals surface area contributed by atoms with E-state index in [1.807, 2.05) is 6.07 Å². The van der Waals surface area contributed by atoms with Crippen LogP contribution in [0.1, 0.15) is 48.9 Å². The maximum Gasteiger partial charge on any atom is 0.253 e. The highest BCUT2D eigenvalue weighted by atomic mass is 19.1. The van der Waals surface area contributed by atoms with E-state index < -0.39 is 0 Å². The van der Waals surface area contributed by atoms with E-state index >= 15 is 0 Å². The highest BCUT2D eigenvalue weighted by molar-refractivity contribution is 5.94. The first-order valence-electron chi connectivity index (χ1n) is 9.96. The third-order valence-corrected chi connectivity index (χ3v) is 5.84. The average Bonchev–Trinajstić information content (AvgIpc) is 3.23. The van der Waals surface area contributed by atoms with Gasteiger partial charge in [0, 0.05) is 23.8 Å². The molecule has 142 valence electrons. The Bertz CT molecular complexity index is 778. The van der Waals surface area contributed by atoms with Gasteiger partial charge >= 0.3 is 0 Å². The average molecular weight is 367 g/mol. The summed E-state index contributed by atoms with van der Waals surface area (Å²) in [6.07, 6.45) is 8.66. The van der Waals surface area contributed by atoms with Gasteiger partial charge < -0.3 is 10.2 Å². The van der Waals surface area contributed by atoms with Gasteiger partial charge in [-0.2, -0.15) is 0 Å². The van der Waals surface area contributed by atoms with Crippen LogP contribution in [-0.4, -0.2) is 41.0 Å². The molecular weight excluding hydrogens is 341 g/mol. The molecule has 5 heteroatoms. The van der Waals surface area contributed by atoms with Crippen LogP contribution in [-0.2, 0) is 0 Å². The van der Waals surface area contributed by atoms with Gasteiger partial charge in [0.15, 0.2) is 0 Å². The zero-order valence-electron chi connectivity index (χ0n) is 15.5. The number of likely N-dealkylation sites (tertiary alicyclic amines) is 1. The van der Waals surface area contributed by atoms with Crippen molar-refractivity contribution in [2.45, 2.75) is 50.6 Å². The highest BCUT2D eigenvalue weighted by Crippen LogP contribution is 2.26. The van der Waals surface area contributed by atoms with Crippen molar-refractivity contribution in [1.82, 2.24) is 15.2 Å². The molecular formula is C22H26FN3O. The first-order chi connectivity index (χ1) is 13.2. The lowest BCUT2D eigenvalue weighted by Crippen LogP contribution is -2.43. The Balaban J connectivity index is 1.32. The van der Waals surface area contributed by atoms with E-state index in [-0.39, 0.29) is 17.8 Å². The molecule has 1 aromatic carbocycles. The van der Waals surface area contributed by atoms with Crippen LogP contribution >= 0.6 is 0 Å². The minimum absolute atomic E-state index is 0.0714. The molecule has 0 atom stereocenters. The monoisotopic (exact) mass is 367 g/mol. The predicted octanol–water partition coefficient (Wildman–Crippen LogP) is 4.02. The SMILES string of the molecule is O=C(NC1CCC(N2CCCC2)CC1)c1ccc(-c2cccc(F)c2)nc1. The molecule has 27 heavy (non-hydrogen) atoms. The number of nitrogens with one attached hydrogen (secondary N) is 1. The predicted molar refractivity (Wildman–Crippen MR) is 104 cm³/mol. The van der Waals surface area contributed by atoms with Crippen LogP contribution in [0.25, 0.3) is 11.3 Å². The summed E-state index contributed by atoms with van der Waals surface area (Å²) in [6.45, 7) is 2.48. The molecule has 1 N–H and O–H groups in total. The van der Waals surface area contributed by atoms with E-state index in [1.165, 1.54) is 50.9 Å². The number of nitrogens with zero attached hydrogens (tertiary/aromatic N) is 2. The van der Waals surface area contributed by atoms with Gasteiger partial charge in [0.05, 0.1) is 11.3 Å². The van der Waals surface area contributed by atoms with Gasteiger partial charge in [0.1, 0.15) is 5.82 Å². The van der Waals surface area contributed by atoms with Crippen molar-refractivity contribution in [1.29, 1.82) is 0 Å². The third-order valence-electron chi connectivity index (χ3n) is 5.84. The van der Waals surface area contributed by atoms with Crippen LogP contribution in [0.2, 0.25) is 0 Å². The van der Waals surface area contributed by atoms with Crippen LogP contribution in [0.4, 0.5) is 4.39 Å². The fourth-order valence-electron chi connectivity index (χ4n) is 4.31. The van der Waals surface area contributed by atoms with Gasteiger partial charge in [0.2, 0.25) is 0 Å². The molecule has 1 aliphatic carbocycles. The zero-order chi connectivity index (χ0) is 18.6. The Morgan fingerprint density at radius 2 is 1.85 bits per heavy atom. The molecule has 1 saturated heterocycles. The molecule has 2 aliphatic rings. The van der Waals surface area contributed by atoms with Crippen LogP contribution in [0, 0.1) is 5.82 Å². The Kier molecular flexibility index (Phi) is 5.48. The number of aromatic nitrogens is 1. The number of halogens is 1. The zero-order valence-corrected chi connectivity index (χ0v) is 15.5. The van der Waals surface area contributed by atoms with Crippen LogP contribution < -0.4 is 5.32 Å². The summed E-state index contributed by atoms with van der Waals surface area (Å²) in [6, 6.07) is 10.8. The summed E-state index contributed by atoms with van der Waals surface area (Å²) >= 11 is 0. The number of pyridine rings is 1. The Labute approximate surface area is 159 Å². The standard InChI is InChI=1S/C22H26FN3O/c23-18-5-3-4-16(14-18)21-11-6-17(15-24-21)22(27)25-19-7-9-20(10-8-19)26-12-1-2-13-26/h3-6,11,14-15,19-20H,1-2,7-10,12-13H2,(H,25,27). The molecule has 2 aromatic rings. The topological polar surface area (TPSA) is 45.2 Å². The highest BCUT2D eigenvalue weighted by Gasteiger charge is 2.28. The number of hydrogen-bond acceptors (Lipinski definition) is 3. The maximum atomic E-state index is 13.4. The van der Waals surface area contributed by atoms with E-state index in [0.29, 0.717) is 22.9 Å². The summed E-state index contributed by atoms with van der Waals surface area (Å²) in [7, 11) is 0. The second kappa shape index (κ2) is 8.17. The smallest absolute Gasteiger partial charge is 0.253 e. The molecule has 2 fully saturated rings. The Hall–Kier alpha value is -2.27. The van der Waals surface area contributed by atoms with Crippen LogP contribution in [0.5, 0.6) is 0 Å². The van der Waals surface area contributed by atoms with Gasteiger partial charge in [-0.25, -0.2) is 4.39 Å². The largest absolute Gasteiger partial charge is 0.349 e. The quantitative estimate of drug-likeness (QED) is 0.888. The molecule has 1 amide bonds. The fourth-order valence-corrected chi connectivity index (χ4v) is 4.31. The normalized spacial score (nSPS) is 23.3. The van der Waals surface area contributed by atoms with E-state index in [1.54, 1.807) is 24.4 Å². The summed E-state index contributed by atoms with van der Waals surface area (Å²) in [5.41, 5.74) is 1.93. The molecule has 1 aliphatic heterocycles. The lowest BCUT2D eigenvalue weighted by Gasteiger charge is -2.34. The van der Waals surface area contributed by atoms with Crippen molar-refractivity contribution < 1.29 is 9.18 Å². The minimum atomic E-state index is -0.291. The number of carbonyl (C=O) groups is 1. The van der Waals surface area contributed by atoms with Crippen LogP contribution in [0.3, 0.4) is 0 Å². The second-order valence-corrected chi connectivity index (χ2v) is 7.66. The van der Waals surface area contributed by atoms with Gasteiger partial charge in [0.25, 0.3) is 5.91 Å². The maximum absolute atomic E-state index is 13.4. The fraction of sp³-hybridized carbons (Fsp3) is 0.455. The lowest BCUT2D eigenvalue weighted by molar-refractivity contribution is 0.0910. The van der Waals surface area contributed by atoms with Gasteiger partial charge in [-0.05, 0) is 75.9 Å². The molecule has 1 aromatic heterocycles. The number of hydrogen-bond donors (Lipinski definition) is 1. The van der Waals surface area contributed by atoms with E-state index in [2.05, 4.69) is 15.2 Å². The molecule has 4 rings (SSSR count). The van der Waals surface area contributed by atoms with Crippen molar-refractivity contribution in [3.05, 3.63) is 54.0 Å². The van der Waals surface area contributed by atoms with Crippen molar-refractivity contribution in [3.8, 4) is 11.3 Å². The number of benzene rings is 1. The van der Waals surface area contributed by atoms with E-state index in [4.69, 9.17) is 0 Å². The Morgan fingerprint density at radius 3 is 2.52 bits per heavy atom. The van der Waals surface area contributed by atoms with E-state index in [0.717, 1.165) is 12.8 Å². The van der Waals surface area contributed by atoms with Gasteiger partial charge in [-0.15, -0.1) is 0 Å². The summed E-state index contributed by atoms with van der Waals surface area (Å²) < 4.78 is 13.4. The third kappa shape index (κ3) is 4.35. The van der Waals surface area contributed by atoms with Crippen molar-refractivity contribution in [2.24, 2.45) is 0 Å². The molecule has 2 heterocycles. The van der Waals surface area contributed by atoms with Crippen LogP contribution in [0.15, 0.2) is 42.6 Å². The number of amides is 1. The summed E-state index contributed by atoms with van der Waals surface area (Å²) in [5, 5.41) is 3.16. The molecule has 0 bridgehead atoms. The van der Waals surface area contributed by atoms with Crippen molar-refractivity contribution in [3.63, 3.8) is 0 Å². The van der Waals surface area contributed by atoms with Crippen molar-refractivity contribution in [2.75, 3.05) is 13.1 Å². The van der Waals surface area contributed by atoms with E-state index in [9.17, 15) is 9.18 Å². The molecule has 0 radical (unpaired) electrons. The van der Waals surface area contributed by atoms with Crippen molar-refractivity contribution >= 4 is 5.91 Å². The first kappa shape index (κ1) is 18.1. The second-order valence-electron chi connectivity index (χ2n) is 7.66. The lowest BCUT2D eigenvalue weighted by atomic mass is 9.90. The molecule has 0 unspecified atom stereocenters. The molecule has 1 saturated carbocycles. The minimum Gasteiger partial charge on any atom is -0.349 e. The van der Waals surface area contributed by atoms with Gasteiger partial charge in [-0.1, -0.05) is 12.1 Å². The molecule has 0 spiro atoms. The number of rotatable bonds is 4. The summed E-state index contributed by atoms with van der Waals surface area (Å²) in [5.74, 6) is -0.362.